The Bertz CT molecular complexity index is 1190. The van der Waals surface area contributed by atoms with Crippen LogP contribution in [0.25, 0.3) is 0 Å². The van der Waals surface area contributed by atoms with Crippen LogP contribution >= 0.6 is 0 Å². The first-order valence-corrected chi connectivity index (χ1v) is 16.2. The van der Waals surface area contributed by atoms with Crippen LogP contribution in [0.3, 0.4) is 0 Å². The Kier molecular flexibility index (Phi) is 10.5. The maximum Gasteiger partial charge on any atom is 0.411 e. The predicted molar refractivity (Wildman–Crippen MR) is 159 cm³/mol. The molecule has 0 unspecified atom stereocenters. The van der Waals surface area contributed by atoms with Gasteiger partial charge in [0, 0.05) is 25.6 Å². The highest BCUT2D eigenvalue weighted by Gasteiger charge is 2.43. The fraction of sp³-hybridized carbons (Fsp3) is 0.700. The maximum absolute atomic E-state index is 13.5. The second-order valence-electron chi connectivity index (χ2n) is 12.9. The van der Waals surface area contributed by atoms with Crippen LogP contribution in [0.4, 0.5) is 4.79 Å². The molecule has 2 aliphatic heterocycles. The van der Waals surface area contributed by atoms with Crippen molar-refractivity contribution in [1.82, 2.24) is 14.5 Å². The van der Waals surface area contributed by atoms with Gasteiger partial charge in [0.05, 0.1) is 5.25 Å². The number of nitrogens with one attached hydrogen (secondary N) is 1. The van der Waals surface area contributed by atoms with E-state index in [4.69, 9.17) is 10.5 Å². The first kappa shape index (κ1) is 32.8. The average molecular weight is 593 g/mol. The minimum Gasteiger partial charge on any atom is -0.444 e. The summed E-state index contributed by atoms with van der Waals surface area (Å²) in [6.45, 7) is 13.6. The van der Waals surface area contributed by atoms with Crippen molar-refractivity contribution < 1.29 is 27.5 Å². The lowest BCUT2D eigenvalue weighted by atomic mass is 9.86. The lowest BCUT2D eigenvalue weighted by Crippen LogP contribution is -2.61. The van der Waals surface area contributed by atoms with Gasteiger partial charge < -0.3 is 15.8 Å². The lowest BCUT2D eigenvalue weighted by Gasteiger charge is -2.43. The number of benzene rings is 1. The molecular weight excluding hydrogens is 544 g/mol. The van der Waals surface area contributed by atoms with Crippen LogP contribution in [0.5, 0.6) is 0 Å². The van der Waals surface area contributed by atoms with Crippen molar-refractivity contribution >= 4 is 27.9 Å². The number of hydrogen-bond donors (Lipinski definition) is 2. The number of nitrogens with zero attached hydrogens (tertiary/aromatic N) is 2. The summed E-state index contributed by atoms with van der Waals surface area (Å²) in [4.78, 5) is 40.5. The molecule has 2 heterocycles. The summed E-state index contributed by atoms with van der Waals surface area (Å²) in [6.07, 6.45) is 2.69. The first-order valence-electron chi connectivity index (χ1n) is 14.7. The summed E-state index contributed by atoms with van der Waals surface area (Å²) in [5.41, 5.74) is 6.96. The summed E-state index contributed by atoms with van der Waals surface area (Å²) < 4.78 is 32.1. The van der Waals surface area contributed by atoms with E-state index >= 15 is 0 Å². The van der Waals surface area contributed by atoms with Gasteiger partial charge in [-0.25, -0.2) is 17.5 Å². The largest absolute Gasteiger partial charge is 0.444 e. The van der Waals surface area contributed by atoms with Crippen LogP contribution in [0.2, 0.25) is 0 Å². The van der Waals surface area contributed by atoms with E-state index in [1.807, 2.05) is 38.1 Å². The Morgan fingerprint density at radius 1 is 1.02 bits per heavy atom. The summed E-state index contributed by atoms with van der Waals surface area (Å²) in [7, 11) is -3.25. The van der Waals surface area contributed by atoms with Crippen molar-refractivity contribution in [2.24, 2.45) is 11.7 Å². The number of primary amides is 1. The van der Waals surface area contributed by atoms with E-state index in [-0.39, 0.29) is 24.3 Å². The highest BCUT2D eigenvalue weighted by atomic mass is 32.2. The summed E-state index contributed by atoms with van der Waals surface area (Å²) in [6, 6.07) is 5.95. The van der Waals surface area contributed by atoms with E-state index in [9.17, 15) is 22.8 Å². The number of hydrogen-bond acceptors (Lipinski definition) is 6. The van der Waals surface area contributed by atoms with E-state index in [0.29, 0.717) is 13.1 Å². The Balaban J connectivity index is 1.67. The minimum atomic E-state index is -3.25. The zero-order valence-corrected chi connectivity index (χ0v) is 26.4. The van der Waals surface area contributed by atoms with Crippen molar-refractivity contribution in [2.45, 2.75) is 115 Å². The summed E-state index contributed by atoms with van der Waals surface area (Å²) >= 11 is 0. The van der Waals surface area contributed by atoms with Gasteiger partial charge in [0.2, 0.25) is 21.8 Å². The zero-order valence-electron chi connectivity index (χ0n) is 25.6. The van der Waals surface area contributed by atoms with Gasteiger partial charge in [-0.15, -0.1) is 0 Å². The molecule has 10 nitrogen and oxygen atoms in total. The van der Waals surface area contributed by atoms with Gasteiger partial charge >= 0.3 is 6.09 Å². The fourth-order valence-corrected chi connectivity index (χ4v) is 7.04. The predicted octanol–water partition coefficient (Wildman–Crippen LogP) is 3.54. The molecule has 1 aromatic carbocycles. The van der Waals surface area contributed by atoms with Gasteiger partial charge in [-0.2, -0.15) is 0 Å². The van der Waals surface area contributed by atoms with Crippen LogP contribution in [0.15, 0.2) is 24.3 Å². The molecule has 0 spiro atoms. The molecule has 2 saturated heterocycles. The number of piperidine rings is 2. The number of amides is 3. The third-order valence-corrected chi connectivity index (χ3v) is 10.5. The first-order chi connectivity index (χ1) is 19.0. The Hall–Kier alpha value is -2.66. The van der Waals surface area contributed by atoms with Gasteiger partial charge in [-0.1, -0.05) is 31.2 Å². The van der Waals surface area contributed by atoms with Crippen LogP contribution in [-0.2, 0) is 30.8 Å². The molecule has 2 fully saturated rings. The van der Waals surface area contributed by atoms with Crippen molar-refractivity contribution in [3.63, 3.8) is 0 Å². The van der Waals surface area contributed by atoms with Crippen LogP contribution < -0.4 is 11.1 Å². The molecule has 3 N–H and O–H groups in total. The zero-order chi connectivity index (χ0) is 30.7. The molecule has 0 aliphatic carbocycles. The van der Waals surface area contributed by atoms with E-state index in [1.165, 1.54) is 4.90 Å². The molecule has 0 radical (unpaired) electrons. The number of nitrogens with two attached hydrogens (primary N) is 1. The highest BCUT2D eigenvalue weighted by molar-refractivity contribution is 7.89. The normalized spacial score (nSPS) is 23.7. The molecule has 3 rings (SSSR count). The van der Waals surface area contributed by atoms with E-state index in [2.05, 4.69) is 5.32 Å². The van der Waals surface area contributed by atoms with Crippen LogP contribution in [0, 0.1) is 5.92 Å². The quantitative estimate of drug-likeness (QED) is 0.473. The summed E-state index contributed by atoms with van der Waals surface area (Å²) in [5.74, 6) is -0.934. The second kappa shape index (κ2) is 13.1. The number of carbonyl (C=O) groups is 3. The molecule has 4 atom stereocenters. The van der Waals surface area contributed by atoms with Crippen molar-refractivity contribution in [3.05, 3.63) is 35.4 Å². The summed E-state index contributed by atoms with van der Waals surface area (Å²) in [5, 5.41) is 2.39. The van der Waals surface area contributed by atoms with Gasteiger partial charge in [-0.3, -0.25) is 14.5 Å². The number of rotatable bonds is 8. The third kappa shape index (κ3) is 8.22. The Labute approximate surface area is 245 Å². The molecule has 0 bridgehead atoms. The monoisotopic (exact) mass is 592 g/mol. The van der Waals surface area contributed by atoms with E-state index in [0.717, 1.165) is 36.8 Å². The van der Waals surface area contributed by atoms with Crippen molar-refractivity contribution in [1.29, 1.82) is 0 Å². The van der Waals surface area contributed by atoms with Crippen LogP contribution in [0.1, 0.15) is 91.2 Å². The SMILES string of the molecule is CC(C)S(=O)(=O)N1CCC(c2ccc(C[C@H](NC(=O)[C@@H]3[C@H](C)CC[C@H](C)N3C(=O)OC(C)(C)C)C(N)=O)cc2)CC1. The number of ether oxygens (including phenoxy) is 1. The Morgan fingerprint density at radius 2 is 1.61 bits per heavy atom. The van der Waals surface area contributed by atoms with Crippen LogP contribution in [-0.4, -0.2) is 77.6 Å². The highest BCUT2D eigenvalue weighted by Crippen LogP contribution is 2.31. The molecular formula is C30H48N4O6S. The maximum atomic E-state index is 13.5. The smallest absolute Gasteiger partial charge is 0.411 e. The molecule has 1 aromatic rings. The third-order valence-electron chi connectivity index (χ3n) is 8.19. The van der Waals surface area contributed by atoms with Crippen molar-refractivity contribution in [3.8, 4) is 0 Å². The molecule has 0 saturated carbocycles. The molecule has 3 amide bonds. The van der Waals surface area contributed by atoms with Gasteiger partial charge in [0.15, 0.2) is 0 Å². The topological polar surface area (TPSA) is 139 Å². The molecule has 2 aliphatic rings. The number of carbonyl (C=O) groups excluding carboxylic acids is 3. The molecule has 11 heteroatoms. The Morgan fingerprint density at radius 3 is 2.12 bits per heavy atom. The second-order valence-corrected chi connectivity index (χ2v) is 15.4. The van der Waals surface area contributed by atoms with Gasteiger partial charge in [-0.05, 0) is 90.2 Å². The number of likely N-dealkylation sites (tertiary alicyclic amines) is 1. The van der Waals surface area contributed by atoms with Gasteiger partial charge in [0.1, 0.15) is 17.7 Å². The van der Waals surface area contributed by atoms with Crippen molar-refractivity contribution in [2.75, 3.05) is 13.1 Å². The minimum absolute atomic E-state index is 0.117. The molecule has 41 heavy (non-hydrogen) atoms. The fourth-order valence-electron chi connectivity index (χ4n) is 5.73. The standard InChI is InChI=1S/C30H48N4O6S/c1-19(2)41(38,39)33-16-14-24(15-17-33)23-12-10-22(11-13-23)18-25(27(31)35)32-28(36)26-20(3)8-9-21(4)34(26)29(37)40-30(5,6)7/h10-13,19-21,24-26H,8-9,14-18H2,1-7H3,(H2,31,35)(H,32,36)/t20-,21+,25+,26+/m1/s1. The van der Waals surface area contributed by atoms with E-state index in [1.54, 1.807) is 38.9 Å². The number of sulfonamides is 1. The lowest BCUT2D eigenvalue weighted by molar-refractivity contribution is -0.134. The molecule has 230 valence electrons. The average Bonchev–Trinajstić information content (AvgIpc) is 2.88. The van der Waals surface area contributed by atoms with Gasteiger partial charge in [0.25, 0.3) is 0 Å². The molecule has 0 aromatic heterocycles. The van der Waals surface area contributed by atoms with E-state index < -0.39 is 50.9 Å².